The zero-order valence-corrected chi connectivity index (χ0v) is 32.8. The average Bonchev–Trinajstić information content (AvgIpc) is 3.11. The van der Waals surface area contributed by atoms with Gasteiger partial charge in [-0.05, 0) is 19.3 Å². The molecule has 1 aliphatic rings. The van der Waals surface area contributed by atoms with Gasteiger partial charge in [-0.3, -0.25) is 9.35 Å². The fourth-order valence-corrected chi connectivity index (χ4v) is 6.91. The lowest BCUT2D eigenvalue weighted by atomic mass is 9.99. The minimum Gasteiger partial charge on any atom is -0.394 e. The van der Waals surface area contributed by atoms with Crippen molar-refractivity contribution >= 4 is 16.3 Å². The topological polar surface area (TPSA) is 212 Å². The van der Waals surface area contributed by atoms with Gasteiger partial charge in [0.25, 0.3) is 0 Å². The number of nitrogens with one attached hydrogen (secondary N) is 1. The second-order valence-electron chi connectivity index (χ2n) is 14.4. The third-order valence-corrected chi connectivity index (χ3v) is 10.1. The number of carbonyl (C=O) groups excluding carboxylic acids is 1. The molecule has 0 aromatic rings. The van der Waals surface area contributed by atoms with Gasteiger partial charge < -0.3 is 40.3 Å². The number of carbonyl (C=O) groups is 1. The molecule has 1 heterocycles. The molecule has 52 heavy (non-hydrogen) atoms. The van der Waals surface area contributed by atoms with Gasteiger partial charge in [0.15, 0.2) is 6.29 Å². The van der Waals surface area contributed by atoms with E-state index >= 15 is 0 Å². The summed E-state index contributed by atoms with van der Waals surface area (Å²) in [7, 11) is -5.11. The van der Waals surface area contributed by atoms with Gasteiger partial charge in [0.05, 0.1) is 25.4 Å². The summed E-state index contributed by atoms with van der Waals surface area (Å²) in [6.07, 6.45) is 17.5. The Labute approximate surface area is 313 Å². The van der Waals surface area contributed by atoms with Crippen LogP contribution in [0.3, 0.4) is 0 Å². The molecule has 0 radical (unpaired) electrons. The lowest BCUT2D eigenvalue weighted by Gasteiger charge is -2.41. The van der Waals surface area contributed by atoms with Crippen LogP contribution in [0.15, 0.2) is 12.2 Å². The van der Waals surface area contributed by atoms with Crippen molar-refractivity contribution in [2.75, 3.05) is 13.2 Å². The van der Waals surface area contributed by atoms with Crippen molar-refractivity contribution < 1.29 is 57.0 Å². The summed E-state index contributed by atoms with van der Waals surface area (Å²) in [6, 6.07) is -1.11. The molecule has 0 aromatic carbocycles. The van der Waals surface area contributed by atoms with Crippen LogP contribution < -0.4 is 5.32 Å². The van der Waals surface area contributed by atoms with E-state index in [4.69, 9.17) is 14.0 Å². The number of ether oxygens (including phenoxy) is 2. The molecule has 0 spiro atoms. The first kappa shape index (κ1) is 48.8. The molecule has 0 aromatic heterocycles. The summed E-state index contributed by atoms with van der Waals surface area (Å²) in [4.78, 5) is 13.0. The summed E-state index contributed by atoms with van der Waals surface area (Å²) >= 11 is 0. The van der Waals surface area contributed by atoms with E-state index in [0.717, 1.165) is 38.5 Å². The van der Waals surface area contributed by atoms with E-state index < -0.39 is 78.5 Å². The maximum atomic E-state index is 13.0. The quantitative estimate of drug-likeness (QED) is 0.0254. The average molecular weight is 768 g/mol. The van der Waals surface area contributed by atoms with Gasteiger partial charge in [-0.1, -0.05) is 154 Å². The molecule has 1 rings (SSSR count). The molecule has 1 aliphatic heterocycles. The largest absolute Gasteiger partial charge is 0.397 e. The lowest BCUT2D eigenvalue weighted by molar-refractivity contribution is -0.298. The first-order valence-corrected chi connectivity index (χ1v) is 21.5. The van der Waals surface area contributed by atoms with Gasteiger partial charge in [-0.25, -0.2) is 4.18 Å². The molecular weight excluding hydrogens is 694 g/mol. The van der Waals surface area contributed by atoms with Crippen molar-refractivity contribution in [3.8, 4) is 0 Å². The Morgan fingerprint density at radius 1 is 0.769 bits per heavy atom. The monoisotopic (exact) mass is 767 g/mol. The molecule has 8 atom stereocenters. The zero-order chi connectivity index (χ0) is 38.6. The van der Waals surface area contributed by atoms with Crippen LogP contribution in [0.1, 0.15) is 162 Å². The lowest BCUT2D eigenvalue weighted by Crippen LogP contribution is -2.61. The highest BCUT2D eigenvalue weighted by molar-refractivity contribution is 7.80. The molecule has 8 unspecified atom stereocenters. The first-order chi connectivity index (χ1) is 24.9. The van der Waals surface area contributed by atoms with Gasteiger partial charge in [0.2, 0.25) is 5.91 Å². The van der Waals surface area contributed by atoms with Crippen molar-refractivity contribution in [3.63, 3.8) is 0 Å². The van der Waals surface area contributed by atoms with Crippen molar-refractivity contribution in [2.24, 2.45) is 0 Å². The van der Waals surface area contributed by atoms with Crippen LogP contribution in [0.2, 0.25) is 0 Å². The van der Waals surface area contributed by atoms with Crippen molar-refractivity contribution in [1.82, 2.24) is 5.32 Å². The van der Waals surface area contributed by atoms with Gasteiger partial charge in [0, 0.05) is 0 Å². The van der Waals surface area contributed by atoms with Crippen LogP contribution >= 0.6 is 0 Å². The predicted octanol–water partition coefficient (Wildman–Crippen LogP) is 5.40. The molecule has 308 valence electrons. The Morgan fingerprint density at radius 2 is 1.25 bits per heavy atom. The molecule has 1 fully saturated rings. The van der Waals surface area contributed by atoms with Crippen LogP contribution in [-0.2, 0) is 28.9 Å². The fourth-order valence-electron chi connectivity index (χ4n) is 6.40. The number of aliphatic hydroxyl groups is 5. The maximum Gasteiger partial charge on any atom is 0.397 e. The first-order valence-electron chi connectivity index (χ1n) is 20.2. The minimum atomic E-state index is -5.11. The molecule has 1 saturated heterocycles. The van der Waals surface area contributed by atoms with Crippen LogP contribution in [-0.4, -0.2) is 107 Å². The van der Waals surface area contributed by atoms with E-state index in [1.54, 1.807) is 6.08 Å². The standard InChI is InChI=1S/C38H73NO12S/c1-3-5-7-9-11-13-14-15-16-17-19-21-23-25-27-32(42)37(45)39-30(31(41)26-24-22-20-18-12-10-8-6-4-2)29-49-38-35(44)36(51-52(46,47)48)34(43)33(28-40)50-38/h24,26,30-36,38,40-44H,3-23,25,27-29H2,1-2H3,(H,39,45)(H,46,47,48)/b26-24+. The molecule has 0 saturated carbocycles. The third kappa shape index (κ3) is 22.9. The molecule has 14 heteroatoms. The number of amides is 1. The SMILES string of the molecule is CCCCCCCCC/C=C/C(O)C(COC1OC(CO)C(O)C(OS(=O)(=O)O)C1O)NC(=O)C(O)CCCCCCCCCCCCCCCC. The highest BCUT2D eigenvalue weighted by Gasteiger charge is 2.48. The Hall–Kier alpha value is -1.20. The maximum absolute atomic E-state index is 13.0. The van der Waals surface area contributed by atoms with E-state index in [0.29, 0.717) is 12.8 Å². The minimum absolute atomic E-state index is 0.247. The Bertz CT molecular complexity index is 1020. The number of hydrogen-bond acceptors (Lipinski definition) is 11. The molecular formula is C38H73NO12S. The van der Waals surface area contributed by atoms with Gasteiger partial charge in [0.1, 0.15) is 30.5 Å². The van der Waals surface area contributed by atoms with Gasteiger partial charge in [-0.15, -0.1) is 0 Å². The Balaban J connectivity index is 2.64. The van der Waals surface area contributed by atoms with E-state index in [1.165, 1.54) is 96.0 Å². The van der Waals surface area contributed by atoms with Gasteiger partial charge >= 0.3 is 10.4 Å². The predicted molar refractivity (Wildman–Crippen MR) is 201 cm³/mol. The number of rotatable bonds is 33. The Kier molecular flexibility index (Phi) is 28.2. The molecule has 13 nitrogen and oxygen atoms in total. The Morgan fingerprint density at radius 3 is 1.73 bits per heavy atom. The normalized spacial score (nSPS) is 22.8. The number of allylic oxidation sites excluding steroid dienone is 1. The van der Waals surface area contributed by atoms with E-state index in [-0.39, 0.29) is 6.42 Å². The second kappa shape index (κ2) is 30.1. The molecule has 1 amide bonds. The highest BCUT2D eigenvalue weighted by Crippen LogP contribution is 2.26. The smallest absolute Gasteiger partial charge is 0.394 e. The summed E-state index contributed by atoms with van der Waals surface area (Å²) in [5.74, 6) is -0.704. The van der Waals surface area contributed by atoms with Crippen LogP contribution in [0.4, 0.5) is 0 Å². The second-order valence-corrected chi connectivity index (χ2v) is 15.4. The third-order valence-electron chi connectivity index (χ3n) is 9.68. The summed E-state index contributed by atoms with van der Waals surface area (Å²) < 4.78 is 47.2. The summed E-state index contributed by atoms with van der Waals surface area (Å²) in [5.41, 5.74) is 0. The molecule has 7 N–H and O–H groups in total. The van der Waals surface area contributed by atoms with Crippen LogP contribution in [0, 0.1) is 0 Å². The van der Waals surface area contributed by atoms with Gasteiger partial charge in [-0.2, -0.15) is 8.42 Å². The van der Waals surface area contributed by atoms with E-state index in [2.05, 4.69) is 23.3 Å². The van der Waals surface area contributed by atoms with Crippen molar-refractivity contribution in [3.05, 3.63) is 12.2 Å². The highest BCUT2D eigenvalue weighted by atomic mass is 32.3. The van der Waals surface area contributed by atoms with Crippen molar-refractivity contribution in [2.45, 2.75) is 210 Å². The number of aliphatic hydroxyl groups excluding tert-OH is 5. The number of hydrogen-bond donors (Lipinski definition) is 7. The zero-order valence-electron chi connectivity index (χ0n) is 32.0. The fraction of sp³-hybridized carbons (Fsp3) is 0.921. The molecule has 0 bridgehead atoms. The van der Waals surface area contributed by atoms with E-state index in [9.17, 15) is 38.7 Å². The van der Waals surface area contributed by atoms with E-state index in [1.807, 2.05) is 0 Å². The van der Waals surface area contributed by atoms with Crippen LogP contribution in [0.5, 0.6) is 0 Å². The number of unbranched alkanes of at least 4 members (excludes halogenated alkanes) is 20. The summed E-state index contributed by atoms with van der Waals surface area (Å²) in [5, 5.41) is 54.8. The van der Waals surface area contributed by atoms with Crippen LogP contribution in [0.25, 0.3) is 0 Å². The van der Waals surface area contributed by atoms with Crippen molar-refractivity contribution in [1.29, 1.82) is 0 Å². The summed E-state index contributed by atoms with van der Waals surface area (Å²) in [6.45, 7) is 3.15. The molecule has 0 aliphatic carbocycles.